The van der Waals surface area contributed by atoms with Crippen LogP contribution >= 0.6 is 0 Å². The predicted octanol–water partition coefficient (Wildman–Crippen LogP) is 2.74. The largest absolute Gasteiger partial charge is 0.380 e. The second kappa shape index (κ2) is 5.01. The Kier molecular flexibility index (Phi) is 3.95. The standard InChI is InChI=1S/C12H21N3/c1-6-7-9(2)10(3)14-12-8-13-15(5)11(12)4/h6,8-10,14H,1,7H2,2-5H3/t9-,10+/m1/s1. The van der Waals surface area contributed by atoms with Crippen LogP contribution in [0.2, 0.25) is 0 Å². The van der Waals surface area contributed by atoms with Crippen molar-refractivity contribution in [2.75, 3.05) is 5.32 Å². The van der Waals surface area contributed by atoms with Crippen LogP contribution in [0.3, 0.4) is 0 Å². The number of nitrogens with one attached hydrogen (secondary N) is 1. The number of allylic oxidation sites excluding steroid dienone is 1. The third kappa shape index (κ3) is 2.85. The molecule has 0 aliphatic heterocycles. The van der Waals surface area contributed by atoms with E-state index in [0.717, 1.165) is 12.1 Å². The summed E-state index contributed by atoms with van der Waals surface area (Å²) in [4.78, 5) is 0. The summed E-state index contributed by atoms with van der Waals surface area (Å²) in [6.07, 6.45) is 4.89. The summed E-state index contributed by atoms with van der Waals surface area (Å²) < 4.78 is 1.88. The van der Waals surface area contributed by atoms with Crippen molar-refractivity contribution in [1.29, 1.82) is 0 Å². The number of aromatic nitrogens is 2. The van der Waals surface area contributed by atoms with Gasteiger partial charge in [-0.3, -0.25) is 4.68 Å². The van der Waals surface area contributed by atoms with Crippen LogP contribution < -0.4 is 5.32 Å². The summed E-state index contributed by atoms with van der Waals surface area (Å²) >= 11 is 0. The van der Waals surface area contributed by atoms with Crippen LogP contribution in [0.4, 0.5) is 5.69 Å². The smallest absolute Gasteiger partial charge is 0.0758 e. The summed E-state index contributed by atoms with van der Waals surface area (Å²) in [5, 5.41) is 7.69. The molecule has 1 N–H and O–H groups in total. The van der Waals surface area contributed by atoms with Gasteiger partial charge in [-0.05, 0) is 26.2 Å². The minimum Gasteiger partial charge on any atom is -0.380 e. The second-order valence-corrected chi connectivity index (χ2v) is 4.20. The third-order valence-corrected chi connectivity index (χ3v) is 3.01. The zero-order chi connectivity index (χ0) is 11.4. The van der Waals surface area contributed by atoms with E-state index in [-0.39, 0.29) is 0 Å². The van der Waals surface area contributed by atoms with E-state index in [4.69, 9.17) is 0 Å². The molecule has 2 atom stereocenters. The summed E-state index contributed by atoms with van der Waals surface area (Å²) in [7, 11) is 1.96. The quantitative estimate of drug-likeness (QED) is 0.752. The summed E-state index contributed by atoms with van der Waals surface area (Å²) in [6.45, 7) is 10.3. The minimum absolute atomic E-state index is 0.436. The molecule has 0 aromatic carbocycles. The lowest BCUT2D eigenvalue weighted by molar-refractivity contribution is 0.517. The van der Waals surface area contributed by atoms with Gasteiger partial charge in [-0.15, -0.1) is 6.58 Å². The lowest BCUT2D eigenvalue weighted by atomic mass is 10.00. The van der Waals surface area contributed by atoms with Crippen molar-refractivity contribution in [2.45, 2.75) is 33.2 Å². The first-order chi connectivity index (χ1) is 7.06. The number of hydrogen-bond donors (Lipinski definition) is 1. The molecule has 1 heterocycles. The van der Waals surface area contributed by atoms with E-state index in [0.29, 0.717) is 12.0 Å². The third-order valence-electron chi connectivity index (χ3n) is 3.01. The Balaban J connectivity index is 2.61. The fourth-order valence-corrected chi connectivity index (χ4v) is 1.49. The Morgan fingerprint density at radius 1 is 1.60 bits per heavy atom. The maximum absolute atomic E-state index is 4.21. The maximum Gasteiger partial charge on any atom is 0.0758 e. The van der Waals surface area contributed by atoms with Crippen LogP contribution in [-0.4, -0.2) is 15.8 Å². The average molecular weight is 207 g/mol. The van der Waals surface area contributed by atoms with E-state index in [1.165, 1.54) is 5.69 Å². The molecule has 0 spiro atoms. The van der Waals surface area contributed by atoms with Gasteiger partial charge in [0.15, 0.2) is 0 Å². The Labute approximate surface area is 92.2 Å². The molecule has 0 aliphatic rings. The van der Waals surface area contributed by atoms with Crippen LogP contribution in [-0.2, 0) is 7.05 Å². The monoisotopic (exact) mass is 207 g/mol. The van der Waals surface area contributed by atoms with Gasteiger partial charge in [0, 0.05) is 13.1 Å². The molecular formula is C12H21N3. The van der Waals surface area contributed by atoms with Crippen LogP contribution in [0.25, 0.3) is 0 Å². The van der Waals surface area contributed by atoms with Gasteiger partial charge >= 0.3 is 0 Å². The molecule has 1 aromatic rings. The van der Waals surface area contributed by atoms with Crippen LogP contribution in [0.5, 0.6) is 0 Å². The number of nitrogens with zero attached hydrogens (tertiary/aromatic N) is 2. The van der Waals surface area contributed by atoms with Gasteiger partial charge in [-0.25, -0.2) is 0 Å². The molecule has 84 valence electrons. The molecule has 3 nitrogen and oxygen atoms in total. The van der Waals surface area contributed by atoms with E-state index < -0.39 is 0 Å². The number of hydrogen-bond acceptors (Lipinski definition) is 2. The van der Waals surface area contributed by atoms with Crippen molar-refractivity contribution in [3.8, 4) is 0 Å². The van der Waals surface area contributed by atoms with Crippen molar-refractivity contribution in [2.24, 2.45) is 13.0 Å². The molecule has 0 aliphatic carbocycles. The summed E-state index contributed by atoms with van der Waals surface area (Å²) in [5.41, 5.74) is 2.30. The molecule has 0 bridgehead atoms. The Morgan fingerprint density at radius 2 is 2.27 bits per heavy atom. The van der Waals surface area contributed by atoms with E-state index in [2.05, 4.69) is 37.8 Å². The SMILES string of the molecule is C=CC[C@@H](C)[C@H](C)Nc1cnn(C)c1C. The number of anilines is 1. The zero-order valence-electron chi connectivity index (χ0n) is 10.1. The topological polar surface area (TPSA) is 29.9 Å². The average Bonchev–Trinajstić information content (AvgIpc) is 2.50. The van der Waals surface area contributed by atoms with Gasteiger partial charge in [-0.2, -0.15) is 5.10 Å². The van der Waals surface area contributed by atoms with Crippen molar-refractivity contribution >= 4 is 5.69 Å². The Hall–Kier alpha value is -1.25. The van der Waals surface area contributed by atoms with E-state index >= 15 is 0 Å². The molecule has 0 fully saturated rings. The Morgan fingerprint density at radius 3 is 2.73 bits per heavy atom. The lowest BCUT2D eigenvalue weighted by Crippen LogP contribution is -2.23. The zero-order valence-corrected chi connectivity index (χ0v) is 10.1. The van der Waals surface area contributed by atoms with Gasteiger partial charge in [-0.1, -0.05) is 13.0 Å². The van der Waals surface area contributed by atoms with Crippen molar-refractivity contribution in [3.63, 3.8) is 0 Å². The molecule has 15 heavy (non-hydrogen) atoms. The molecule has 0 radical (unpaired) electrons. The van der Waals surface area contributed by atoms with Crippen LogP contribution in [0, 0.1) is 12.8 Å². The summed E-state index contributed by atoms with van der Waals surface area (Å²) in [5.74, 6) is 0.585. The van der Waals surface area contributed by atoms with E-state index in [1.54, 1.807) is 0 Å². The van der Waals surface area contributed by atoms with Crippen molar-refractivity contribution in [1.82, 2.24) is 9.78 Å². The molecule has 0 saturated carbocycles. The first kappa shape index (κ1) is 11.8. The van der Waals surface area contributed by atoms with Gasteiger partial charge in [0.2, 0.25) is 0 Å². The fraction of sp³-hybridized carbons (Fsp3) is 0.583. The van der Waals surface area contributed by atoms with Gasteiger partial charge < -0.3 is 5.32 Å². The first-order valence-electron chi connectivity index (χ1n) is 5.42. The highest BCUT2D eigenvalue weighted by Gasteiger charge is 2.12. The van der Waals surface area contributed by atoms with Gasteiger partial charge in [0.1, 0.15) is 0 Å². The van der Waals surface area contributed by atoms with Gasteiger partial charge in [0.25, 0.3) is 0 Å². The lowest BCUT2D eigenvalue weighted by Gasteiger charge is -2.20. The summed E-state index contributed by atoms with van der Waals surface area (Å²) in [6, 6.07) is 0.436. The van der Waals surface area contributed by atoms with Crippen LogP contribution in [0.15, 0.2) is 18.9 Å². The highest BCUT2D eigenvalue weighted by molar-refractivity contribution is 5.46. The maximum atomic E-state index is 4.21. The predicted molar refractivity (Wildman–Crippen MR) is 65.0 cm³/mol. The first-order valence-corrected chi connectivity index (χ1v) is 5.42. The molecule has 0 unspecified atom stereocenters. The second-order valence-electron chi connectivity index (χ2n) is 4.20. The minimum atomic E-state index is 0.436. The van der Waals surface area contributed by atoms with Crippen LogP contribution in [0.1, 0.15) is 26.0 Å². The van der Waals surface area contributed by atoms with Crippen molar-refractivity contribution in [3.05, 3.63) is 24.5 Å². The van der Waals surface area contributed by atoms with Crippen molar-refractivity contribution < 1.29 is 0 Å². The Bertz CT molecular complexity index is 328. The van der Waals surface area contributed by atoms with E-state index in [1.807, 2.05) is 24.0 Å². The number of aryl methyl sites for hydroxylation is 1. The molecule has 1 rings (SSSR count). The molecular weight excluding hydrogens is 186 g/mol. The van der Waals surface area contributed by atoms with Gasteiger partial charge in [0.05, 0.1) is 17.6 Å². The van der Waals surface area contributed by atoms with E-state index in [9.17, 15) is 0 Å². The highest BCUT2D eigenvalue weighted by Crippen LogP contribution is 2.18. The highest BCUT2D eigenvalue weighted by atomic mass is 15.3. The number of rotatable bonds is 5. The molecule has 1 aromatic heterocycles. The molecule has 0 saturated heterocycles. The normalized spacial score (nSPS) is 14.7. The molecule has 0 amide bonds. The fourth-order valence-electron chi connectivity index (χ4n) is 1.49. The molecule has 3 heteroatoms.